The Morgan fingerprint density at radius 3 is 1.31 bits per heavy atom. The van der Waals surface area contributed by atoms with Crippen LogP contribution in [0.3, 0.4) is 0 Å². The Labute approximate surface area is 487 Å². The van der Waals surface area contributed by atoms with Crippen molar-refractivity contribution >= 4 is 63.0 Å². The molecular weight excluding hydrogens is 1170 g/mol. The smallest absolute Gasteiger partial charge is 0.335 e. The van der Waals surface area contributed by atoms with Gasteiger partial charge in [0.05, 0.1) is 26.1 Å². The number of nitrogens with zero attached hydrogens (tertiary/aromatic N) is 5. The van der Waals surface area contributed by atoms with Gasteiger partial charge in [0.25, 0.3) is 20.9 Å². The normalized spacial score (nSPS) is 13.6. The van der Waals surface area contributed by atoms with Crippen molar-refractivity contribution in [3.05, 3.63) is 211 Å². The summed E-state index contributed by atoms with van der Waals surface area (Å²) < 4.78 is 127. The number of aryl methyl sites for hydroxylation is 1. The summed E-state index contributed by atoms with van der Waals surface area (Å²) in [7, 11) is -5.96. The van der Waals surface area contributed by atoms with Crippen LogP contribution in [0, 0.1) is 18.6 Å². The number of halogens is 3. The van der Waals surface area contributed by atoms with E-state index in [-0.39, 0.29) is 70.0 Å². The number of nitrogens with one attached hydrogen (secondary N) is 1. The highest BCUT2D eigenvalue weighted by Gasteiger charge is 2.32. The quantitative estimate of drug-likeness (QED) is 0.112. The van der Waals surface area contributed by atoms with Crippen LogP contribution in [0.5, 0.6) is 23.0 Å². The molecule has 25 heteroatoms. The van der Waals surface area contributed by atoms with Crippen molar-refractivity contribution in [1.82, 2.24) is 29.4 Å². The van der Waals surface area contributed by atoms with E-state index in [1.807, 2.05) is 54.3 Å². The third kappa shape index (κ3) is 17.9. The predicted octanol–water partition coefficient (Wildman–Crippen LogP) is 9.21. The molecule has 2 aromatic heterocycles. The highest BCUT2D eigenvalue weighted by molar-refractivity contribution is 8.13. The van der Waals surface area contributed by atoms with Crippen molar-refractivity contribution < 1.29 is 61.5 Å². The highest BCUT2D eigenvalue weighted by Crippen LogP contribution is 2.28. The maximum atomic E-state index is 13.2. The van der Waals surface area contributed by atoms with Gasteiger partial charge in [0.1, 0.15) is 46.0 Å². The van der Waals surface area contributed by atoms with Gasteiger partial charge in [-0.05, 0) is 164 Å². The van der Waals surface area contributed by atoms with E-state index in [4.69, 9.17) is 28.6 Å². The number of sulfonamides is 1. The molecule has 0 saturated carbocycles. The SMILES string of the molecule is CS(=O)(=O)c1cccc(S(=O)(=O)N2CCN(C(=O)c3cccc(-c4ccc(Oc5ccc(F)cc5)cc4)n3)CC2)c1.Cc1cccc(S(=O)(=O)Cl)c1.O=C(c1cccc(-c2ccc(Oc3ccc(F)cc3)cc2)n1)N1CCNCC1.O=S=O. The Morgan fingerprint density at radius 1 is 0.518 bits per heavy atom. The Morgan fingerprint density at radius 2 is 0.904 bits per heavy atom. The molecule has 1 N–H and O–H groups in total. The van der Waals surface area contributed by atoms with Crippen LogP contribution in [0.1, 0.15) is 26.5 Å². The first kappa shape index (κ1) is 62.5. The molecule has 2 aliphatic rings. The summed E-state index contributed by atoms with van der Waals surface area (Å²) in [6, 6.07) is 48.4. The molecule has 8 aromatic rings. The van der Waals surface area contributed by atoms with Crippen molar-refractivity contribution in [3.8, 4) is 45.5 Å². The van der Waals surface area contributed by atoms with E-state index in [1.165, 1.54) is 71.0 Å². The van der Waals surface area contributed by atoms with E-state index in [9.17, 15) is 43.6 Å². The molecule has 0 aliphatic carbocycles. The van der Waals surface area contributed by atoms with E-state index >= 15 is 0 Å². The van der Waals surface area contributed by atoms with Crippen LogP contribution in [0.25, 0.3) is 22.5 Å². The standard InChI is InChI=1S/C29H26FN3O6S2.C22H20FN3O2.C7H7ClO2S.O2S/c1-40(35,36)25-4-2-5-26(20-25)41(37,38)33-18-16-32(17-19-33)29(34)28-7-3-6-27(31-28)21-8-12-23(13-9-21)39-24-14-10-22(30)11-15-24;23-17-6-10-19(11-7-17)28-18-8-4-16(5-9-18)20-2-1-3-21(25-20)22(27)26-14-12-24-13-15-26;1-6-3-2-4-7(5-6)11(8,9)10;1-3-2/h2-15,20H,16-19H2,1H3;1-11,24H,12-15H2;2-5H,1H3;. The second-order valence-corrected chi connectivity index (χ2v) is 24.9. The van der Waals surface area contributed by atoms with Gasteiger partial charge in [0.15, 0.2) is 9.84 Å². The summed E-state index contributed by atoms with van der Waals surface area (Å²) in [5.41, 5.74) is 4.52. The summed E-state index contributed by atoms with van der Waals surface area (Å²) in [6.45, 7) is 5.25. The van der Waals surface area contributed by atoms with Gasteiger partial charge >= 0.3 is 11.6 Å². The van der Waals surface area contributed by atoms with Gasteiger partial charge < -0.3 is 24.6 Å². The van der Waals surface area contributed by atoms with E-state index in [1.54, 1.807) is 71.6 Å². The molecule has 0 unspecified atom stereocenters. The lowest BCUT2D eigenvalue weighted by molar-refractivity contribution is 0.0691. The number of rotatable bonds is 12. The maximum absolute atomic E-state index is 13.2. The molecule has 2 saturated heterocycles. The molecule has 10 rings (SSSR count). The van der Waals surface area contributed by atoms with Crippen molar-refractivity contribution in [2.75, 3.05) is 58.6 Å². The maximum Gasteiger partial charge on any atom is 0.335 e. The number of piperazine rings is 2. The molecule has 432 valence electrons. The number of ether oxygens (including phenoxy) is 2. The van der Waals surface area contributed by atoms with E-state index in [0.717, 1.165) is 47.8 Å². The number of amides is 2. The molecule has 2 amide bonds. The predicted molar refractivity (Wildman–Crippen MR) is 308 cm³/mol. The lowest BCUT2D eigenvalue weighted by atomic mass is 10.1. The molecule has 6 aromatic carbocycles. The largest absolute Gasteiger partial charge is 0.457 e. The van der Waals surface area contributed by atoms with Gasteiger partial charge in [0.2, 0.25) is 10.0 Å². The van der Waals surface area contributed by atoms with Crippen LogP contribution in [-0.2, 0) is 40.5 Å². The molecule has 2 fully saturated rings. The van der Waals surface area contributed by atoms with Crippen molar-refractivity contribution in [1.29, 1.82) is 0 Å². The van der Waals surface area contributed by atoms with Gasteiger partial charge in [-0.3, -0.25) is 9.59 Å². The van der Waals surface area contributed by atoms with E-state index in [0.29, 0.717) is 47.5 Å². The minimum atomic E-state index is -3.94. The van der Waals surface area contributed by atoms with Gasteiger partial charge in [0, 0.05) is 80.4 Å². The van der Waals surface area contributed by atoms with Crippen LogP contribution >= 0.6 is 10.7 Å². The Balaban J connectivity index is 0.000000202. The molecule has 4 heterocycles. The minimum absolute atomic E-state index is 0.0420. The first-order valence-corrected chi connectivity index (χ1v) is 31.5. The number of aromatic nitrogens is 2. The minimum Gasteiger partial charge on any atom is -0.457 e. The Kier molecular flexibility index (Phi) is 21.6. The molecule has 0 atom stereocenters. The first-order valence-electron chi connectivity index (χ1n) is 25.2. The molecule has 83 heavy (non-hydrogen) atoms. The number of sulfone groups is 1. The Bertz CT molecular complexity index is 3930. The van der Waals surface area contributed by atoms with Crippen molar-refractivity contribution in [2.45, 2.75) is 21.6 Å². The van der Waals surface area contributed by atoms with Crippen LogP contribution in [-0.4, -0.2) is 128 Å². The third-order valence-corrected chi connectivity index (χ3v) is 16.8. The second-order valence-electron chi connectivity index (χ2n) is 18.3. The van der Waals surface area contributed by atoms with Gasteiger partial charge in [-0.1, -0.05) is 30.3 Å². The first-order chi connectivity index (χ1) is 39.6. The number of benzene rings is 6. The van der Waals surface area contributed by atoms with Crippen LogP contribution in [0.2, 0.25) is 0 Å². The monoisotopic (exact) mass is 1230 g/mol. The van der Waals surface area contributed by atoms with Crippen LogP contribution in [0.15, 0.2) is 197 Å². The van der Waals surface area contributed by atoms with Crippen molar-refractivity contribution in [2.24, 2.45) is 0 Å². The van der Waals surface area contributed by atoms with Crippen LogP contribution in [0.4, 0.5) is 8.78 Å². The van der Waals surface area contributed by atoms with Crippen LogP contribution < -0.4 is 14.8 Å². The molecule has 18 nitrogen and oxygen atoms in total. The fourth-order valence-corrected chi connectivity index (χ4v) is 11.3. The molecule has 0 radical (unpaired) electrons. The fraction of sp³-hybridized carbons (Fsp3) is 0.172. The number of carbonyl (C=O) groups is 2. The zero-order chi connectivity index (χ0) is 59.7. The lowest BCUT2D eigenvalue weighted by Crippen LogP contribution is -2.50. The molecule has 0 spiro atoms. The fourth-order valence-electron chi connectivity index (χ4n) is 8.20. The molecule has 2 aliphatic heterocycles. The average molecular weight is 1230 g/mol. The zero-order valence-corrected chi connectivity index (χ0v) is 48.4. The molecule has 0 bridgehead atoms. The van der Waals surface area contributed by atoms with Gasteiger partial charge in [-0.25, -0.2) is 44.0 Å². The summed E-state index contributed by atoms with van der Waals surface area (Å²) in [4.78, 5) is 38.3. The number of hydrogen-bond acceptors (Lipinski definition) is 15. The van der Waals surface area contributed by atoms with E-state index < -0.39 is 40.5 Å². The summed E-state index contributed by atoms with van der Waals surface area (Å²) in [6.07, 6.45) is 1.02. The van der Waals surface area contributed by atoms with Gasteiger partial charge in [-0.2, -0.15) is 12.7 Å². The van der Waals surface area contributed by atoms with E-state index in [2.05, 4.69) is 15.3 Å². The summed E-state index contributed by atoms with van der Waals surface area (Å²) >= 11 is -0.750. The second kappa shape index (κ2) is 28.7. The summed E-state index contributed by atoms with van der Waals surface area (Å²) in [5.74, 6) is 1.25. The number of hydrogen-bond donors (Lipinski definition) is 1. The number of pyridine rings is 2. The van der Waals surface area contributed by atoms with Crippen molar-refractivity contribution in [3.63, 3.8) is 0 Å². The summed E-state index contributed by atoms with van der Waals surface area (Å²) in [5, 5.41) is 3.24. The van der Waals surface area contributed by atoms with Gasteiger partial charge in [-0.15, -0.1) is 0 Å². The average Bonchev–Trinajstić information content (AvgIpc) is 3.63. The highest BCUT2D eigenvalue weighted by atomic mass is 35.7. The number of carbonyl (C=O) groups excluding carboxylic acids is 2. The Hall–Kier alpha value is -8.10. The lowest BCUT2D eigenvalue weighted by Gasteiger charge is -2.33. The third-order valence-electron chi connectivity index (χ3n) is 12.4. The zero-order valence-electron chi connectivity index (χ0n) is 44.4. The topological polar surface area (TPSA) is 237 Å². The molecular formula is C58H53ClF2N6O12S4.